The Morgan fingerprint density at radius 1 is 1.26 bits per heavy atom. The number of carbonyl (C=O) groups excluding carboxylic acids is 1. The zero-order valence-corrected chi connectivity index (χ0v) is 10.9. The highest BCUT2D eigenvalue weighted by Crippen LogP contribution is 2.21. The van der Waals surface area contributed by atoms with Crippen molar-refractivity contribution in [3.05, 3.63) is 29.8 Å². The van der Waals surface area contributed by atoms with Crippen LogP contribution in [0.25, 0.3) is 0 Å². The summed E-state index contributed by atoms with van der Waals surface area (Å²) < 4.78 is 0. The summed E-state index contributed by atoms with van der Waals surface area (Å²) in [4.78, 5) is 21.6. The Bertz CT molecular complexity index is 428. The fraction of sp³-hybridized carbons (Fsp3) is 0.429. The van der Waals surface area contributed by atoms with Gasteiger partial charge in [-0.25, -0.2) is 0 Å². The van der Waals surface area contributed by atoms with Gasteiger partial charge in [-0.1, -0.05) is 19.1 Å². The van der Waals surface area contributed by atoms with Gasteiger partial charge in [-0.05, 0) is 30.5 Å². The van der Waals surface area contributed by atoms with Crippen LogP contribution in [0.4, 0.5) is 5.69 Å². The van der Waals surface area contributed by atoms with E-state index in [1.54, 1.807) is 31.2 Å². The second-order valence-electron chi connectivity index (χ2n) is 4.33. The zero-order valence-electron chi connectivity index (χ0n) is 10.9. The third-order valence-electron chi connectivity index (χ3n) is 2.77. The Kier molecular flexibility index (Phi) is 6.02. The van der Waals surface area contributed by atoms with Gasteiger partial charge in [0, 0.05) is 18.5 Å². The lowest BCUT2D eigenvalue weighted by Gasteiger charge is -2.11. The molecule has 0 aliphatic heterocycles. The Labute approximate surface area is 112 Å². The molecule has 0 heterocycles. The molecule has 1 amide bonds. The summed E-state index contributed by atoms with van der Waals surface area (Å²) in [6.45, 7) is 1.77. The monoisotopic (exact) mass is 265 g/mol. The van der Waals surface area contributed by atoms with Crippen molar-refractivity contribution in [1.29, 1.82) is 0 Å². The van der Waals surface area contributed by atoms with E-state index in [0.29, 0.717) is 24.9 Å². The van der Waals surface area contributed by atoms with Crippen molar-refractivity contribution in [2.24, 2.45) is 0 Å². The lowest BCUT2D eigenvalue weighted by Crippen LogP contribution is -2.09. The van der Waals surface area contributed by atoms with Crippen LogP contribution in [0.2, 0.25) is 0 Å². The largest absolute Gasteiger partial charge is 0.481 e. The van der Waals surface area contributed by atoms with Crippen molar-refractivity contribution in [3.63, 3.8) is 0 Å². The minimum atomic E-state index is -0.857. The SMILES string of the molecule is CCC(=O)Nc1ccc(C(O)CCCC(=O)O)cc1. The standard InChI is InChI=1S/C14H19NO4/c1-2-13(17)15-11-8-6-10(7-9-11)12(16)4-3-5-14(18)19/h6-9,12,16H,2-5H2,1H3,(H,15,17)(H,18,19). The van der Waals surface area contributed by atoms with Gasteiger partial charge in [0.1, 0.15) is 0 Å². The van der Waals surface area contributed by atoms with Crippen LogP contribution in [-0.2, 0) is 9.59 Å². The lowest BCUT2D eigenvalue weighted by atomic mass is 10.0. The van der Waals surface area contributed by atoms with Crippen LogP contribution >= 0.6 is 0 Å². The fourth-order valence-corrected chi connectivity index (χ4v) is 1.65. The van der Waals surface area contributed by atoms with Gasteiger partial charge < -0.3 is 15.5 Å². The van der Waals surface area contributed by atoms with Crippen LogP contribution in [0.3, 0.4) is 0 Å². The van der Waals surface area contributed by atoms with E-state index < -0.39 is 12.1 Å². The van der Waals surface area contributed by atoms with Crippen molar-refractivity contribution < 1.29 is 19.8 Å². The summed E-state index contributed by atoms with van der Waals surface area (Å²) in [6, 6.07) is 6.92. The van der Waals surface area contributed by atoms with Gasteiger partial charge in [0.05, 0.1) is 6.10 Å². The van der Waals surface area contributed by atoms with E-state index in [4.69, 9.17) is 5.11 Å². The molecule has 0 spiro atoms. The molecule has 0 saturated heterocycles. The van der Waals surface area contributed by atoms with Crippen LogP contribution in [0.5, 0.6) is 0 Å². The van der Waals surface area contributed by atoms with E-state index in [-0.39, 0.29) is 12.3 Å². The molecule has 5 nitrogen and oxygen atoms in total. The van der Waals surface area contributed by atoms with E-state index in [2.05, 4.69) is 5.32 Å². The summed E-state index contributed by atoms with van der Waals surface area (Å²) in [5.41, 5.74) is 1.41. The van der Waals surface area contributed by atoms with Crippen LogP contribution in [0.15, 0.2) is 24.3 Å². The summed E-state index contributed by atoms with van der Waals surface area (Å²) in [5, 5.41) is 21.1. The molecule has 0 bridgehead atoms. The number of hydrogen-bond acceptors (Lipinski definition) is 3. The normalized spacial score (nSPS) is 11.9. The van der Waals surface area contributed by atoms with Gasteiger partial charge in [-0.3, -0.25) is 9.59 Å². The molecule has 0 radical (unpaired) electrons. The number of nitrogens with one attached hydrogen (secondary N) is 1. The highest BCUT2D eigenvalue weighted by Gasteiger charge is 2.08. The maximum Gasteiger partial charge on any atom is 0.303 e. The molecular weight excluding hydrogens is 246 g/mol. The molecule has 1 aromatic carbocycles. The molecule has 0 aromatic heterocycles. The first-order valence-corrected chi connectivity index (χ1v) is 6.32. The Morgan fingerprint density at radius 3 is 2.42 bits per heavy atom. The topological polar surface area (TPSA) is 86.6 Å². The first-order chi connectivity index (χ1) is 9.02. The first-order valence-electron chi connectivity index (χ1n) is 6.32. The van der Waals surface area contributed by atoms with E-state index in [1.165, 1.54) is 0 Å². The van der Waals surface area contributed by atoms with Crippen molar-refractivity contribution in [2.45, 2.75) is 38.7 Å². The highest BCUT2D eigenvalue weighted by atomic mass is 16.4. The number of anilines is 1. The molecule has 0 aliphatic rings. The fourth-order valence-electron chi connectivity index (χ4n) is 1.65. The van der Waals surface area contributed by atoms with E-state index in [1.807, 2.05) is 0 Å². The van der Waals surface area contributed by atoms with Gasteiger partial charge in [0.2, 0.25) is 5.91 Å². The molecule has 1 aromatic rings. The van der Waals surface area contributed by atoms with Crippen molar-refractivity contribution in [1.82, 2.24) is 0 Å². The molecule has 104 valence electrons. The molecule has 0 saturated carbocycles. The van der Waals surface area contributed by atoms with Crippen molar-refractivity contribution >= 4 is 17.6 Å². The van der Waals surface area contributed by atoms with E-state index in [0.717, 1.165) is 5.56 Å². The predicted octanol–water partition coefficient (Wildman–Crippen LogP) is 2.32. The summed E-state index contributed by atoms with van der Waals surface area (Å²) in [6.07, 6.45) is 0.647. The number of aliphatic hydroxyl groups excluding tert-OH is 1. The van der Waals surface area contributed by atoms with Crippen LogP contribution in [0.1, 0.15) is 44.3 Å². The number of aliphatic hydroxyl groups is 1. The summed E-state index contributed by atoms with van der Waals surface area (Å²) in [5.74, 6) is -0.917. The number of amides is 1. The number of benzene rings is 1. The van der Waals surface area contributed by atoms with Crippen LogP contribution in [0, 0.1) is 0 Å². The minimum Gasteiger partial charge on any atom is -0.481 e. The van der Waals surface area contributed by atoms with Gasteiger partial charge in [0.15, 0.2) is 0 Å². The average molecular weight is 265 g/mol. The first kappa shape index (κ1) is 15.2. The molecule has 1 atom stereocenters. The molecule has 3 N–H and O–H groups in total. The molecular formula is C14H19NO4. The lowest BCUT2D eigenvalue weighted by molar-refractivity contribution is -0.137. The molecule has 1 unspecified atom stereocenters. The predicted molar refractivity (Wildman–Crippen MR) is 71.8 cm³/mol. The highest BCUT2D eigenvalue weighted by molar-refractivity contribution is 5.90. The molecule has 0 fully saturated rings. The third-order valence-corrected chi connectivity index (χ3v) is 2.77. The number of carbonyl (C=O) groups is 2. The van der Waals surface area contributed by atoms with Crippen LogP contribution < -0.4 is 5.32 Å². The second-order valence-corrected chi connectivity index (χ2v) is 4.33. The summed E-state index contributed by atoms with van der Waals surface area (Å²) >= 11 is 0. The number of aliphatic carboxylic acids is 1. The minimum absolute atomic E-state index is 0.0572. The van der Waals surface area contributed by atoms with Gasteiger partial charge in [0.25, 0.3) is 0 Å². The molecule has 0 aliphatic carbocycles. The number of carboxylic acid groups (broad SMARTS) is 1. The Hall–Kier alpha value is -1.88. The van der Waals surface area contributed by atoms with Crippen molar-refractivity contribution in [2.75, 3.05) is 5.32 Å². The van der Waals surface area contributed by atoms with Gasteiger partial charge >= 0.3 is 5.97 Å². The number of hydrogen-bond donors (Lipinski definition) is 3. The number of carboxylic acids is 1. The molecule has 5 heteroatoms. The zero-order chi connectivity index (χ0) is 14.3. The Morgan fingerprint density at radius 2 is 1.89 bits per heavy atom. The second kappa shape index (κ2) is 7.53. The van der Waals surface area contributed by atoms with Crippen LogP contribution in [-0.4, -0.2) is 22.1 Å². The van der Waals surface area contributed by atoms with Gasteiger partial charge in [-0.15, -0.1) is 0 Å². The quantitative estimate of drug-likeness (QED) is 0.706. The van der Waals surface area contributed by atoms with E-state index in [9.17, 15) is 14.7 Å². The van der Waals surface area contributed by atoms with E-state index >= 15 is 0 Å². The maximum absolute atomic E-state index is 11.2. The Balaban J connectivity index is 2.50. The number of rotatable bonds is 7. The smallest absolute Gasteiger partial charge is 0.303 e. The maximum atomic E-state index is 11.2. The summed E-state index contributed by atoms with van der Waals surface area (Å²) in [7, 11) is 0. The third kappa shape index (κ3) is 5.52. The van der Waals surface area contributed by atoms with Gasteiger partial charge in [-0.2, -0.15) is 0 Å². The molecule has 1 rings (SSSR count). The van der Waals surface area contributed by atoms with Crippen molar-refractivity contribution in [3.8, 4) is 0 Å². The molecule has 19 heavy (non-hydrogen) atoms. The average Bonchev–Trinajstić information content (AvgIpc) is 2.38.